The molecule has 1 aromatic heterocycles. The first kappa shape index (κ1) is 25.1. The number of aryl methyl sites for hydroxylation is 2. The van der Waals surface area contributed by atoms with E-state index in [-0.39, 0.29) is 0 Å². The lowest BCUT2D eigenvalue weighted by Gasteiger charge is -2.02. The Labute approximate surface area is 160 Å². The lowest BCUT2D eigenvalue weighted by Crippen LogP contribution is -2.30. The first-order chi connectivity index (χ1) is 12.4. The van der Waals surface area contributed by atoms with Crippen LogP contribution in [0.1, 0.15) is 84.0 Å². The SMILES string of the molecule is CCCCCCCCCCCCCC[n+]1ccn(C)c1.COS(=O)(=O)[O-]. The van der Waals surface area contributed by atoms with Crippen LogP contribution in [-0.2, 0) is 28.2 Å². The topological polar surface area (TPSA) is 75.2 Å². The van der Waals surface area contributed by atoms with Gasteiger partial charge in [0.15, 0.2) is 0 Å². The second-order valence-electron chi connectivity index (χ2n) is 6.78. The molecule has 0 aliphatic heterocycles. The Morgan fingerprint density at radius 3 is 1.69 bits per heavy atom. The fraction of sp³-hybridized carbons (Fsp3) is 0.842. The monoisotopic (exact) mass is 390 g/mol. The summed E-state index contributed by atoms with van der Waals surface area (Å²) in [6.45, 7) is 3.47. The van der Waals surface area contributed by atoms with Gasteiger partial charge in [-0.2, -0.15) is 0 Å². The average Bonchev–Trinajstić information content (AvgIpc) is 3.01. The molecule has 0 saturated carbocycles. The molecule has 1 rings (SSSR count). The molecule has 0 bridgehead atoms. The van der Waals surface area contributed by atoms with Crippen molar-refractivity contribution < 1.29 is 21.7 Å². The lowest BCUT2D eigenvalue weighted by atomic mass is 10.1. The molecule has 7 heteroatoms. The van der Waals surface area contributed by atoms with E-state index in [1.165, 1.54) is 83.6 Å². The molecular formula is C19H38N2O4S. The summed E-state index contributed by atoms with van der Waals surface area (Å²) in [7, 11) is -1.52. The zero-order chi connectivity index (χ0) is 19.7. The molecule has 0 spiro atoms. The molecule has 0 amide bonds. The molecule has 0 unspecified atom stereocenters. The van der Waals surface area contributed by atoms with E-state index in [4.69, 9.17) is 0 Å². The van der Waals surface area contributed by atoms with Gasteiger partial charge in [-0.05, 0) is 12.8 Å². The van der Waals surface area contributed by atoms with Crippen molar-refractivity contribution in [2.24, 2.45) is 7.05 Å². The molecule has 154 valence electrons. The number of rotatable bonds is 14. The van der Waals surface area contributed by atoms with Crippen molar-refractivity contribution in [1.29, 1.82) is 0 Å². The van der Waals surface area contributed by atoms with Gasteiger partial charge in [0.05, 0.1) is 20.7 Å². The molecule has 1 aromatic rings. The lowest BCUT2D eigenvalue weighted by molar-refractivity contribution is -0.696. The molecule has 0 N–H and O–H groups in total. The molecule has 0 aliphatic carbocycles. The standard InChI is InChI=1S/C18H35N2.CH4O4S/c1-3-4-5-6-7-8-9-10-11-12-13-14-15-20-17-16-19(2)18-20;1-5-6(2,3)4/h16-18H,3-15H2,1-2H3;1H3,(H,2,3,4)/q+1;/p-1. The summed E-state index contributed by atoms with van der Waals surface area (Å²) in [5, 5.41) is 0. The second-order valence-corrected chi connectivity index (χ2v) is 7.93. The maximum absolute atomic E-state index is 9.22. The Morgan fingerprint density at radius 1 is 0.923 bits per heavy atom. The largest absolute Gasteiger partial charge is 0.726 e. The van der Waals surface area contributed by atoms with E-state index in [9.17, 15) is 13.0 Å². The average molecular weight is 391 g/mol. The van der Waals surface area contributed by atoms with Crippen molar-refractivity contribution >= 4 is 10.4 Å². The van der Waals surface area contributed by atoms with E-state index in [0.29, 0.717) is 0 Å². The van der Waals surface area contributed by atoms with Gasteiger partial charge in [-0.15, -0.1) is 0 Å². The van der Waals surface area contributed by atoms with Crippen LogP contribution in [0.3, 0.4) is 0 Å². The van der Waals surface area contributed by atoms with Crippen molar-refractivity contribution in [3.63, 3.8) is 0 Å². The van der Waals surface area contributed by atoms with Gasteiger partial charge in [0.1, 0.15) is 12.4 Å². The smallest absolute Gasteiger partial charge is 0.243 e. The number of hydrogen-bond acceptors (Lipinski definition) is 4. The molecular weight excluding hydrogens is 352 g/mol. The normalized spacial score (nSPS) is 11.2. The first-order valence-electron chi connectivity index (χ1n) is 9.91. The number of hydrogen-bond donors (Lipinski definition) is 0. The summed E-state index contributed by atoms with van der Waals surface area (Å²) < 4.78 is 35.4. The summed E-state index contributed by atoms with van der Waals surface area (Å²) in [6, 6.07) is 0. The predicted octanol–water partition coefficient (Wildman–Crippen LogP) is 4.11. The maximum Gasteiger partial charge on any atom is 0.243 e. The van der Waals surface area contributed by atoms with Crippen molar-refractivity contribution in [2.75, 3.05) is 7.11 Å². The van der Waals surface area contributed by atoms with E-state index >= 15 is 0 Å². The van der Waals surface area contributed by atoms with Crippen LogP contribution in [0.15, 0.2) is 18.7 Å². The summed E-state index contributed by atoms with van der Waals surface area (Å²) in [4.78, 5) is 0. The minimum Gasteiger partial charge on any atom is -0.726 e. The van der Waals surface area contributed by atoms with E-state index in [2.05, 4.69) is 46.0 Å². The van der Waals surface area contributed by atoms with E-state index in [1.54, 1.807) is 0 Å². The van der Waals surface area contributed by atoms with Gasteiger partial charge < -0.3 is 4.55 Å². The van der Waals surface area contributed by atoms with Crippen molar-refractivity contribution in [3.8, 4) is 0 Å². The highest BCUT2D eigenvalue weighted by molar-refractivity contribution is 7.80. The van der Waals surface area contributed by atoms with Gasteiger partial charge >= 0.3 is 0 Å². The molecule has 6 nitrogen and oxygen atoms in total. The Bertz CT molecular complexity index is 529. The third-order valence-electron chi connectivity index (χ3n) is 4.30. The van der Waals surface area contributed by atoms with Crippen molar-refractivity contribution in [3.05, 3.63) is 18.7 Å². The number of unbranched alkanes of at least 4 members (excludes halogenated alkanes) is 11. The van der Waals surface area contributed by atoms with Crippen LogP contribution < -0.4 is 4.57 Å². The Morgan fingerprint density at radius 2 is 1.35 bits per heavy atom. The van der Waals surface area contributed by atoms with Crippen molar-refractivity contribution in [2.45, 2.75) is 90.5 Å². The molecule has 0 aliphatic rings. The summed E-state index contributed by atoms with van der Waals surface area (Å²) >= 11 is 0. The van der Waals surface area contributed by atoms with Crippen LogP contribution in [0.5, 0.6) is 0 Å². The van der Waals surface area contributed by atoms with Crippen LogP contribution in [0.2, 0.25) is 0 Å². The highest BCUT2D eigenvalue weighted by atomic mass is 32.3. The van der Waals surface area contributed by atoms with Gasteiger partial charge in [0.2, 0.25) is 16.7 Å². The van der Waals surface area contributed by atoms with Crippen LogP contribution >= 0.6 is 0 Å². The zero-order valence-corrected chi connectivity index (χ0v) is 17.7. The predicted molar refractivity (Wildman–Crippen MR) is 103 cm³/mol. The minimum atomic E-state index is -4.41. The Balaban J connectivity index is 0.000000896. The van der Waals surface area contributed by atoms with Crippen LogP contribution in [-0.4, -0.2) is 24.6 Å². The zero-order valence-electron chi connectivity index (χ0n) is 16.9. The summed E-state index contributed by atoms with van der Waals surface area (Å²) in [5.74, 6) is 0. The van der Waals surface area contributed by atoms with E-state index in [0.717, 1.165) is 7.11 Å². The number of aromatic nitrogens is 2. The van der Waals surface area contributed by atoms with Crippen LogP contribution in [0.4, 0.5) is 0 Å². The first-order valence-corrected chi connectivity index (χ1v) is 11.2. The fourth-order valence-electron chi connectivity index (χ4n) is 2.77. The van der Waals surface area contributed by atoms with Crippen molar-refractivity contribution in [1.82, 2.24) is 4.57 Å². The van der Waals surface area contributed by atoms with E-state index in [1.807, 2.05) is 0 Å². The number of imidazole rings is 1. The van der Waals surface area contributed by atoms with Crippen LogP contribution in [0.25, 0.3) is 0 Å². The molecule has 26 heavy (non-hydrogen) atoms. The summed E-state index contributed by atoms with van der Waals surface area (Å²) in [5.41, 5.74) is 0. The van der Waals surface area contributed by atoms with Gasteiger partial charge in [0.25, 0.3) is 0 Å². The molecule has 0 fully saturated rings. The second kappa shape index (κ2) is 16.3. The van der Waals surface area contributed by atoms with Gasteiger partial charge in [-0.1, -0.05) is 71.1 Å². The Kier molecular flexibility index (Phi) is 15.7. The highest BCUT2D eigenvalue weighted by Gasteiger charge is 1.99. The molecule has 0 aromatic carbocycles. The quantitative estimate of drug-likeness (QED) is 0.207. The molecule has 0 atom stereocenters. The molecule has 0 saturated heterocycles. The highest BCUT2D eigenvalue weighted by Crippen LogP contribution is 2.11. The van der Waals surface area contributed by atoms with Gasteiger partial charge in [-0.3, -0.25) is 4.18 Å². The Hall–Kier alpha value is -0.920. The number of nitrogens with zero attached hydrogens (tertiary/aromatic N) is 2. The minimum absolute atomic E-state index is 0.808. The van der Waals surface area contributed by atoms with Gasteiger partial charge in [0, 0.05) is 0 Å². The third kappa shape index (κ3) is 17.9. The van der Waals surface area contributed by atoms with Gasteiger partial charge in [-0.25, -0.2) is 17.6 Å². The third-order valence-corrected chi connectivity index (χ3v) is 4.71. The summed E-state index contributed by atoms with van der Waals surface area (Å²) in [6.07, 6.45) is 23.6. The fourth-order valence-corrected chi connectivity index (χ4v) is 2.77. The molecule has 1 heterocycles. The van der Waals surface area contributed by atoms with Crippen LogP contribution in [0, 0.1) is 0 Å². The molecule has 0 radical (unpaired) electrons. The van der Waals surface area contributed by atoms with E-state index < -0.39 is 10.4 Å². The maximum atomic E-state index is 9.22.